The van der Waals surface area contributed by atoms with Crippen molar-refractivity contribution in [2.75, 3.05) is 14.2 Å². The first-order valence-corrected chi connectivity index (χ1v) is 7.97. The van der Waals surface area contributed by atoms with Gasteiger partial charge < -0.3 is 14.2 Å². The Morgan fingerprint density at radius 1 is 0.962 bits per heavy atom. The summed E-state index contributed by atoms with van der Waals surface area (Å²) in [7, 11) is 2.95. The Bertz CT molecular complexity index is 1040. The molecule has 4 rings (SSSR count). The number of methoxy groups -OCH3 is 2. The van der Waals surface area contributed by atoms with E-state index in [0.29, 0.717) is 28.3 Å². The van der Waals surface area contributed by atoms with E-state index in [1.807, 2.05) is 30.3 Å². The number of carbonyl (C=O) groups is 1. The minimum atomic E-state index is -0.831. The van der Waals surface area contributed by atoms with Crippen molar-refractivity contribution in [2.45, 2.75) is 6.10 Å². The van der Waals surface area contributed by atoms with Crippen LogP contribution in [0.15, 0.2) is 47.3 Å². The molecule has 2 aromatic carbocycles. The maximum atomic E-state index is 12.5. The van der Waals surface area contributed by atoms with Gasteiger partial charge in [-0.1, -0.05) is 36.4 Å². The van der Waals surface area contributed by atoms with E-state index in [1.165, 1.54) is 14.2 Å². The molecule has 1 aliphatic heterocycles. The Balaban J connectivity index is 1.91. The van der Waals surface area contributed by atoms with Crippen molar-refractivity contribution in [1.29, 1.82) is 0 Å². The quantitative estimate of drug-likeness (QED) is 0.704. The molecule has 0 amide bonds. The molecule has 0 aliphatic carbocycles. The number of H-pyrrole nitrogens is 2. The van der Waals surface area contributed by atoms with E-state index < -0.39 is 12.1 Å². The van der Waals surface area contributed by atoms with Crippen LogP contribution in [0.5, 0.6) is 11.5 Å². The molecular weight excluding hydrogens is 336 g/mol. The van der Waals surface area contributed by atoms with E-state index in [2.05, 4.69) is 10.2 Å². The molecule has 7 nitrogen and oxygen atoms in total. The molecule has 0 bridgehead atoms. The fraction of sp³-hybridized carbons (Fsp3) is 0.158. The summed E-state index contributed by atoms with van der Waals surface area (Å²) in [4.78, 5) is 25.0. The zero-order valence-corrected chi connectivity index (χ0v) is 14.2. The fourth-order valence-electron chi connectivity index (χ4n) is 3.27. The summed E-state index contributed by atoms with van der Waals surface area (Å²) in [6.45, 7) is 0. The minimum absolute atomic E-state index is 0.275. The predicted molar refractivity (Wildman–Crippen MR) is 93.7 cm³/mol. The number of hydrogen-bond donors (Lipinski definition) is 2. The van der Waals surface area contributed by atoms with Crippen LogP contribution in [0.25, 0.3) is 11.3 Å². The summed E-state index contributed by atoms with van der Waals surface area (Å²) in [6, 6.07) is 12.8. The highest BCUT2D eigenvalue weighted by atomic mass is 16.6. The molecule has 0 saturated heterocycles. The molecule has 132 valence electrons. The lowest BCUT2D eigenvalue weighted by Gasteiger charge is -2.12. The number of cyclic esters (lactones) is 1. The zero-order chi connectivity index (χ0) is 18.3. The second kappa shape index (κ2) is 6.11. The first-order chi connectivity index (χ1) is 12.7. The first kappa shape index (κ1) is 16.0. The highest BCUT2D eigenvalue weighted by molar-refractivity contribution is 5.98. The van der Waals surface area contributed by atoms with E-state index in [0.717, 1.165) is 5.56 Å². The number of hydrogen-bond acceptors (Lipinski definition) is 5. The van der Waals surface area contributed by atoms with Crippen LogP contribution in [-0.4, -0.2) is 30.4 Å². The van der Waals surface area contributed by atoms with E-state index in [1.54, 1.807) is 12.1 Å². The number of aromatic amines is 2. The molecule has 26 heavy (non-hydrogen) atoms. The molecular formula is C19H16N2O5. The van der Waals surface area contributed by atoms with Gasteiger partial charge in [0.1, 0.15) is 5.56 Å². The van der Waals surface area contributed by atoms with Gasteiger partial charge in [-0.05, 0) is 6.07 Å². The van der Waals surface area contributed by atoms with E-state index in [4.69, 9.17) is 14.2 Å². The Morgan fingerprint density at radius 2 is 1.73 bits per heavy atom. The number of fused-ring (bicyclic) bond motifs is 1. The standard InChI is InChI=1S/C19H16N2O5/c1-24-12-9-8-11-13(17(12)25-2)19(23)26-16(11)14-15(20-21-18(14)22)10-6-4-3-5-7-10/h3-9,16H,1-2H3,(H2,20,21,22). The Kier molecular flexibility index (Phi) is 3.76. The average Bonchev–Trinajstić information content (AvgIpc) is 3.21. The molecule has 1 aliphatic rings. The molecule has 0 spiro atoms. The summed E-state index contributed by atoms with van der Waals surface area (Å²) in [5.74, 6) is 0.168. The second-order valence-corrected chi connectivity index (χ2v) is 5.78. The smallest absolute Gasteiger partial charge is 0.343 e. The highest BCUT2D eigenvalue weighted by Crippen LogP contribution is 2.44. The maximum Gasteiger partial charge on any atom is 0.343 e. The fourth-order valence-corrected chi connectivity index (χ4v) is 3.27. The maximum absolute atomic E-state index is 12.5. The highest BCUT2D eigenvalue weighted by Gasteiger charge is 2.39. The molecule has 2 heterocycles. The number of rotatable bonds is 4. The molecule has 2 N–H and O–H groups in total. The van der Waals surface area contributed by atoms with Gasteiger partial charge in [0.15, 0.2) is 17.6 Å². The minimum Gasteiger partial charge on any atom is -0.493 e. The molecule has 0 radical (unpaired) electrons. The molecule has 1 unspecified atom stereocenters. The van der Waals surface area contributed by atoms with E-state index in [9.17, 15) is 9.59 Å². The predicted octanol–water partition coefficient (Wildman–Crippen LogP) is 2.65. The van der Waals surface area contributed by atoms with Gasteiger partial charge in [-0.3, -0.25) is 15.0 Å². The molecule has 0 fully saturated rings. The Morgan fingerprint density at radius 3 is 2.42 bits per heavy atom. The van der Waals surface area contributed by atoms with Crippen LogP contribution in [0.2, 0.25) is 0 Å². The van der Waals surface area contributed by atoms with Gasteiger partial charge in [0.25, 0.3) is 5.56 Å². The lowest BCUT2D eigenvalue weighted by molar-refractivity contribution is 0.0453. The van der Waals surface area contributed by atoms with Gasteiger partial charge in [-0.15, -0.1) is 0 Å². The van der Waals surface area contributed by atoms with Crippen molar-refractivity contribution >= 4 is 5.97 Å². The van der Waals surface area contributed by atoms with Gasteiger partial charge in [0.2, 0.25) is 0 Å². The summed E-state index contributed by atoms with van der Waals surface area (Å²) in [5, 5.41) is 5.46. The summed E-state index contributed by atoms with van der Waals surface area (Å²) in [5.41, 5.74) is 2.23. The lowest BCUT2D eigenvalue weighted by Crippen LogP contribution is -2.13. The summed E-state index contributed by atoms with van der Waals surface area (Å²) in [6.07, 6.45) is -0.831. The topological polar surface area (TPSA) is 93.4 Å². The van der Waals surface area contributed by atoms with Gasteiger partial charge >= 0.3 is 5.97 Å². The van der Waals surface area contributed by atoms with Crippen molar-refractivity contribution in [3.05, 3.63) is 69.5 Å². The van der Waals surface area contributed by atoms with Crippen molar-refractivity contribution in [1.82, 2.24) is 10.2 Å². The van der Waals surface area contributed by atoms with Crippen molar-refractivity contribution in [2.24, 2.45) is 0 Å². The molecule has 1 atom stereocenters. The van der Waals surface area contributed by atoms with E-state index >= 15 is 0 Å². The monoisotopic (exact) mass is 352 g/mol. The number of esters is 1. The Labute approximate surface area is 148 Å². The van der Waals surface area contributed by atoms with Crippen LogP contribution >= 0.6 is 0 Å². The van der Waals surface area contributed by atoms with Crippen LogP contribution in [0.1, 0.15) is 27.6 Å². The number of benzene rings is 2. The summed E-state index contributed by atoms with van der Waals surface area (Å²) >= 11 is 0. The molecule has 0 saturated carbocycles. The zero-order valence-electron chi connectivity index (χ0n) is 14.2. The molecule has 3 aromatic rings. The lowest BCUT2D eigenvalue weighted by atomic mass is 9.96. The Hall–Kier alpha value is -3.48. The van der Waals surface area contributed by atoms with Gasteiger partial charge in [-0.25, -0.2) is 4.79 Å². The average molecular weight is 352 g/mol. The first-order valence-electron chi connectivity index (χ1n) is 7.97. The normalized spacial score (nSPS) is 15.5. The largest absolute Gasteiger partial charge is 0.493 e. The number of nitrogens with one attached hydrogen (secondary N) is 2. The van der Waals surface area contributed by atoms with Gasteiger partial charge in [-0.2, -0.15) is 0 Å². The van der Waals surface area contributed by atoms with Crippen LogP contribution < -0.4 is 15.0 Å². The van der Waals surface area contributed by atoms with Crippen LogP contribution in [0, 0.1) is 0 Å². The molecule has 1 aromatic heterocycles. The van der Waals surface area contributed by atoms with Crippen molar-refractivity contribution in [3.8, 4) is 22.8 Å². The SMILES string of the molecule is COc1ccc2c(c1OC)C(=O)OC2c1c(-c2ccccc2)[nH][nH]c1=O. The number of aromatic nitrogens is 2. The molecule has 7 heteroatoms. The second-order valence-electron chi connectivity index (χ2n) is 5.78. The third kappa shape index (κ3) is 2.28. The van der Waals surface area contributed by atoms with Crippen LogP contribution in [0.4, 0.5) is 0 Å². The summed E-state index contributed by atoms with van der Waals surface area (Å²) < 4.78 is 16.1. The van der Waals surface area contributed by atoms with E-state index in [-0.39, 0.29) is 11.1 Å². The third-order valence-electron chi connectivity index (χ3n) is 4.43. The number of carbonyl (C=O) groups excluding carboxylic acids is 1. The van der Waals surface area contributed by atoms with Gasteiger partial charge in [0, 0.05) is 11.1 Å². The van der Waals surface area contributed by atoms with Crippen molar-refractivity contribution < 1.29 is 19.0 Å². The van der Waals surface area contributed by atoms with Crippen LogP contribution in [-0.2, 0) is 4.74 Å². The number of ether oxygens (including phenoxy) is 3. The van der Waals surface area contributed by atoms with Crippen molar-refractivity contribution in [3.63, 3.8) is 0 Å². The van der Waals surface area contributed by atoms with Crippen LogP contribution in [0.3, 0.4) is 0 Å². The third-order valence-corrected chi connectivity index (χ3v) is 4.43. The van der Waals surface area contributed by atoms with Gasteiger partial charge in [0.05, 0.1) is 25.5 Å².